The van der Waals surface area contributed by atoms with Gasteiger partial charge in [-0.2, -0.15) is 0 Å². The third-order valence-electron chi connectivity index (χ3n) is 1.23. The Hall–Kier alpha value is -0.150. The Kier molecular flexibility index (Phi) is 5.88. The molecule has 0 fully saturated rings. The van der Waals surface area contributed by atoms with Crippen molar-refractivity contribution in [2.45, 2.75) is 25.3 Å². The first-order chi connectivity index (χ1) is 4.31. The van der Waals surface area contributed by atoms with E-state index in [0.717, 1.165) is 19.3 Å². The summed E-state index contributed by atoms with van der Waals surface area (Å²) in [5, 5.41) is 0. The van der Waals surface area contributed by atoms with Gasteiger partial charge in [0.2, 0.25) is 0 Å². The summed E-state index contributed by atoms with van der Waals surface area (Å²) >= 11 is 0. The van der Waals surface area contributed by atoms with E-state index in [4.69, 9.17) is 11.5 Å². The number of alkyl halides is 1. The first-order valence-electron chi connectivity index (χ1n) is 3.33. The second-order valence-corrected chi connectivity index (χ2v) is 2.20. The zero-order valence-electron chi connectivity index (χ0n) is 5.65. The first-order valence-corrected chi connectivity index (χ1v) is 3.33. The maximum Gasteiger partial charge on any atom is 0.104 e. The molecule has 0 bridgehead atoms. The van der Waals surface area contributed by atoms with Crippen LogP contribution in [0.25, 0.3) is 0 Å². The van der Waals surface area contributed by atoms with E-state index in [2.05, 4.69) is 0 Å². The third kappa shape index (κ3) is 5.73. The summed E-state index contributed by atoms with van der Waals surface area (Å²) in [5.41, 5.74) is 10.5. The standard InChI is InChI=1S/C6H15FN2/c7-5-6(9)3-1-2-4-8/h6H,1-5,8-9H2. The molecule has 3 heteroatoms. The molecule has 0 radical (unpaired) electrons. The van der Waals surface area contributed by atoms with E-state index in [1.165, 1.54) is 0 Å². The highest BCUT2D eigenvalue weighted by Crippen LogP contribution is 1.97. The van der Waals surface area contributed by atoms with Crippen LogP contribution in [0.1, 0.15) is 19.3 Å². The topological polar surface area (TPSA) is 52.0 Å². The predicted octanol–water partition coefficient (Wildman–Crippen LogP) is 0.412. The van der Waals surface area contributed by atoms with Gasteiger partial charge in [0.1, 0.15) is 6.67 Å². The number of hydrogen-bond acceptors (Lipinski definition) is 2. The minimum atomic E-state index is -0.412. The van der Waals surface area contributed by atoms with Crippen LogP contribution < -0.4 is 11.5 Å². The SMILES string of the molecule is NCCCCC(N)CF. The van der Waals surface area contributed by atoms with Gasteiger partial charge in [0, 0.05) is 6.04 Å². The van der Waals surface area contributed by atoms with Crippen LogP contribution in [0, 0.1) is 0 Å². The average molecular weight is 134 g/mol. The van der Waals surface area contributed by atoms with Gasteiger partial charge in [0.05, 0.1) is 0 Å². The molecule has 0 aromatic rings. The van der Waals surface area contributed by atoms with Crippen molar-refractivity contribution in [3.05, 3.63) is 0 Å². The monoisotopic (exact) mass is 134 g/mol. The first kappa shape index (κ1) is 8.85. The van der Waals surface area contributed by atoms with Crippen LogP contribution in [0.2, 0.25) is 0 Å². The second kappa shape index (κ2) is 5.98. The molecule has 0 aliphatic carbocycles. The normalized spacial score (nSPS) is 13.7. The van der Waals surface area contributed by atoms with Gasteiger partial charge in [-0.25, -0.2) is 4.39 Å². The smallest absolute Gasteiger partial charge is 0.104 e. The number of halogens is 1. The Morgan fingerprint density at radius 3 is 2.44 bits per heavy atom. The number of nitrogens with two attached hydrogens (primary N) is 2. The molecule has 4 N–H and O–H groups in total. The van der Waals surface area contributed by atoms with E-state index >= 15 is 0 Å². The summed E-state index contributed by atoms with van der Waals surface area (Å²) in [7, 11) is 0. The van der Waals surface area contributed by atoms with E-state index in [1.54, 1.807) is 0 Å². The molecule has 0 aliphatic heterocycles. The van der Waals surface area contributed by atoms with Crippen LogP contribution in [-0.4, -0.2) is 19.3 Å². The lowest BCUT2D eigenvalue weighted by Crippen LogP contribution is -2.22. The highest BCUT2D eigenvalue weighted by molar-refractivity contribution is 4.58. The lowest BCUT2D eigenvalue weighted by atomic mass is 10.1. The van der Waals surface area contributed by atoms with Crippen LogP contribution in [0.4, 0.5) is 4.39 Å². The highest BCUT2D eigenvalue weighted by Gasteiger charge is 1.98. The lowest BCUT2D eigenvalue weighted by molar-refractivity contribution is 0.405. The zero-order valence-corrected chi connectivity index (χ0v) is 5.65. The fraction of sp³-hybridized carbons (Fsp3) is 1.00. The van der Waals surface area contributed by atoms with Gasteiger partial charge in [-0.1, -0.05) is 6.42 Å². The van der Waals surface area contributed by atoms with Gasteiger partial charge in [0.15, 0.2) is 0 Å². The van der Waals surface area contributed by atoms with Gasteiger partial charge < -0.3 is 11.5 Å². The fourth-order valence-electron chi connectivity index (χ4n) is 0.628. The van der Waals surface area contributed by atoms with Gasteiger partial charge in [-0.15, -0.1) is 0 Å². The summed E-state index contributed by atoms with van der Waals surface area (Å²) in [4.78, 5) is 0. The number of unbranched alkanes of at least 4 members (excludes halogenated alkanes) is 1. The lowest BCUT2D eigenvalue weighted by Gasteiger charge is -2.03. The van der Waals surface area contributed by atoms with Gasteiger partial charge >= 0.3 is 0 Å². The third-order valence-corrected chi connectivity index (χ3v) is 1.23. The van der Waals surface area contributed by atoms with Gasteiger partial charge in [-0.3, -0.25) is 0 Å². The predicted molar refractivity (Wildman–Crippen MR) is 36.9 cm³/mol. The molecule has 2 nitrogen and oxygen atoms in total. The van der Waals surface area contributed by atoms with E-state index in [9.17, 15) is 4.39 Å². The fourth-order valence-corrected chi connectivity index (χ4v) is 0.628. The molecule has 0 rings (SSSR count). The molecule has 0 aromatic heterocycles. The molecule has 0 amide bonds. The highest BCUT2D eigenvalue weighted by atomic mass is 19.1. The summed E-state index contributed by atoms with van der Waals surface area (Å²) in [6, 6.07) is -0.267. The van der Waals surface area contributed by atoms with Gasteiger partial charge in [-0.05, 0) is 19.4 Å². The molecular formula is C6H15FN2. The van der Waals surface area contributed by atoms with E-state index in [1.807, 2.05) is 0 Å². The van der Waals surface area contributed by atoms with E-state index in [0.29, 0.717) is 6.54 Å². The number of hydrogen-bond donors (Lipinski definition) is 2. The maximum absolute atomic E-state index is 11.7. The van der Waals surface area contributed by atoms with Crippen molar-refractivity contribution in [2.75, 3.05) is 13.2 Å². The van der Waals surface area contributed by atoms with Gasteiger partial charge in [0.25, 0.3) is 0 Å². The Labute approximate surface area is 55.4 Å². The van der Waals surface area contributed by atoms with E-state index < -0.39 is 6.67 Å². The molecule has 0 aromatic carbocycles. The Balaban J connectivity index is 2.88. The average Bonchev–Trinajstić information content (AvgIpc) is 1.89. The molecule has 0 heterocycles. The Bertz CT molecular complexity index is 59.0. The Morgan fingerprint density at radius 1 is 1.33 bits per heavy atom. The summed E-state index contributed by atoms with van der Waals surface area (Å²) in [5.74, 6) is 0. The molecule has 0 saturated heterocycles. The van der Waals surface area contributed by atoms with Crippen LogP contribution >= 0.6 is 0 Å². The molecule has 0 saturated carbocycles. The van der Waals surface area contributed by atoms with E-state index in [-0.39, 0.29) is 6.04 Å². The molecule has 0 aliphatic rings. The van der Waals surface area contributed by atoms with Crippen molar-refractivity contribution >= 4 is 0 Å². The zero-order chi connectivity index (χ0) is 7.11. The summed E-state index contributed by atoms with van der Waals surface area (Å²) in [6.45, 7) is 0.267. The quantitative estimate of drug-likeness (QED) is 0.535. The molecule has 9 heavy (non-hydrogen) atoms. The second-order valence-electron chi connectivity index (χ2n) is 2.20. The summed E-state index contributed by atoms with van der Waals surface area (Å²) in [6.07, 6.45) is 2.66. The molecule has 1 atom stereocenters. The van der Waals surface area contributed by atoms with Crippen LogP contribution in [-0.2, 0) is 0 Å². The minimum Gasteiger partial charge on any atom is -0.330 e. The van der Waals surface area contributed by atoms with Crippen molar-refractivity contribution in [3.8, 4) is 0 Å². The maximum atomic E-state index is 11.7. The minimum absolute atomic E-state index is 0.267. The van der Waals surface area contributed by atoms with Crippen molar-refractivity contribution in [1.29, 1.82) is 0 Å². The van der Waals surface area contributed by atoms with Crippen LogP contribution in [0.15, 0.2) is 0 Å². The van der Waals surface area contributed by atoms with Crippen LogP contribution in [0.3, 0.4) is 0 Å². The molecule has 56 valence electrons. The Morgan fingerprint density at radius 2 is 2.00 bits per heavy atom. The molecular weight excluding hydrogens is 119 g/mol. The largest absolute Gasteiger partial charge is 0.330 e. The molecule has 0 spiro atoms. The van der Waals surface area contributed by atoms with Crippen molar-refractivity contribution in [2.24, 2.45) is 11.5 Å². The van der Waals surface area contributed by atoms with Crippen molar-refractivity contribution in [3.63, 3.8) is 0 Å². The van der Waals surface area contributed by atoms with Crippen LogP contribution in [0.5, 0.6) is 0 Å². The molecule has 1 unspecified atom stereocenters. The van der Waals surface area contributed by atoms with Crippen molar-refractivity contribution in [1.82, 2.24) is 0 Å². The van der Waals surface area contributed by atoms with Crippen molar-refractivity contribution < 1.29 is 4.39 Å². The summed E-state index contributed by atoms with van der Waals surface area (Å²) < 4.78 is 11.7. The number of rotatable bonds is 5.